The van der Waals surface area contributed by atoms with E-state index >= 15 is 0 Å². The highest BCUT2D eigenvalue weighted by atomic mass is 16.2. The van der Waals surface area contributed by atoms with Crippen molar-refractivity contribution in [3.05, 3.63) is 47.7 Å². The Hall–Kier alpha value is -2.30. The van der Waals surface area contributed by atoms with Crippen molar-refractivity contribution < 1.29 is 4.79 Å². The molecule has 3 rings (SSSR count). The van der Waals surface area contributed by atoms with E-state index < -0.39 is 0 Å². The smallest absolute Gasteiger partial charge is 0.244 e. The molecule has 0 aliphatic carbocycles. The third-order valence-corrected chi connectivity index (χ3v) is 4.57. The number of anilines is 1. The first-order valence-corrected chi connectivity index (χ1v) is 8.26. The Kier molecular flexibility index (Phi) is 4.65. The van der Waals surface area contributed by atoms with Crippen LogP contribution in [0.2, 0.25) is 0 Å². The number of amides is 1. The summed E-state index contributed by atoms with van der Waals surface area (Å²) >= 11 is 0. The maximum absolute atomic E-state index is 12.5. The number of nitrogen functional groups attached to an aromatic ring is 1. The lowest BCUT2D eigenvalue weighted by molar-refractivity contribution is -0.131. The van der Waals surface area contributed by atoms with Gasteiger partial charge >= 0.3 is 0 Å². The first kappa shape index (κ1) is 15.6. The summed E-state index contributed by atoms with van der Waals surface area (Å²) in [4.78, 5) is 14.5. The Labute approximate surface area is 137 Å². The third kappa shape index (κ3) is 3.73. The van der Waals surface area contributed by atoms with Crippen LogP contribution in [0.15, 0.2) is 36.4 Å². The molecule has 1 amide bonds. The van der Waals surface area contributed by atoms with E-state index in [0.717, 1.165) is 38.0 Å². The number of aromatic nitrogens is 2. The SMILES string of the molecule is Cc1cc(N)n(CC(=O)N2CCC[C@@H](c3ccccc3)CC2)n1. The standard InChI is InChI=1S/C18H24N4O/c1-14-12-17(19)22(20-14)13-18(23)21-10-5-8-16(9-11-21)15-6-3-2-4-7-15/h2-4,6-7,12,16H,5,8-11,13,19H2,1H3/t16-/m1/s1. The molecule has 1 saturated heterocycles. The summed E-state index contributed by atoms with van der Waals surface area (Å²) in [5, 5.41) is 4.28. The first-order valence-electron chi connectivity index (χ1n) is 8.26. The number of benzene rings is 1. The zero-order valence-electron chi connectivity index (χ0n) is 13.6. The summed E-state index contributed by atoms with van der Waals surface area (Å²) in [5.74, 6) is 1.20. The van der Waals surface area contributed by atoms with E-state index in [2.05, 4.69) is 29.4 Å². The molecule has 1 fully saturated rings. The maximum Gasteiger partial charge on any atom is 0.244 e. The van der Waals surface area contributed by atoms with Gasteiger partial charge in [0.1, 0.15) is 12.4 Å². The van der Waals surface area contributed by atoms with Crippen LogP contribution in [0.3, 0.4) is 0 Å². The van der Waals surface area contributed by atoms with Crippen LogP contribution in [0.1, 0.15) is 36.4 Å². The second kappa shape index (κ2) is 6.86. The highest BCUT2D eigenvalue weighted by Crippen LogP contribution is 2.27. The average Bonchev–Trinajstić information content (AvgIpc) is 2.76. The molecule has 1 aliphatic heterocycles. The van der Waals surface area contributed by atoms with E-state index in [1.807, 2.05) is 17.9 Å². The van der Waals surface area contributed by atoms with Gasteiger partial charge in [0, 0.05) is 19.2 Å². The van der Waals surface area contributed by atoms with Crippen LogP contribution in [-0.2, 0) is 11.3 Å². The molecule has 0 spiro atoms. The fourth-order valence-corrected chi connectivity index (χ4v) is 3.32. The summed E-state index contributed by atoms with van der Waals surface area (Å²) in [6, 6.07) is 12.4. The Morgan fingerprint density at radius 1 is 1.26 bits per heavy atom. The van der Waals surface area contributed by atoms with E-state index in [1.54, 1.807) is 10.7 Å². The number of rotatable bonds is 3. The van der Waals surface area contributed by atoms with Gasteiger partial charge in [-0.25, -0.2) is 4.68 Å². The van der Waals surface area contributed by atoms with Crippen LogP contribution < -0.4 is 5.73 Å². The van der Waals surface area contributed by atoms with Crippen LogP contribution in [0.5, 0.6) is 0 Å². The van der Waals surface area contributed by atoms with E-state index in [9.17, 15) is 4.79 Å². The number of nitrogens with zero attached hydrogens (tertiary/aromatic N) is 3. The third-order valence-electron chi connectivity index (χ3n) is 4.57. The first-order chi connectivity index (χ1) is 11.1. The fraction of sp³-hybridized carbons (Fsp3) is 0.444. The van der Waals surface area contributed by atoms with Gasteiger partial charge in [0.05, 0.1) is 5.69 Å². The minimum atomic E-state index is 0.105. The summed E-state index contributed by atoms with van der Waals surface area (Å²) in [6.45, 7) is 3.74. The molecule has 5 nitrogen and oxygen atoms in total. The minimum Gasteiger partial charge on any atom is -0.384 e. The maximum atomic E-state index is 12.5. The molecule has 0 radical (unpaired) electrons. The Bertz CT molecular complexity index is 665. The lowest BCUT2D eigenvalue weighted by Gasteiger charge is -2.21. The Balaban J connectivity index is 1.61. The number of hydrogen-bond donors (Lipinski definition) is 1. The highest BCUT2D eigenvalue weighted by Gasteiger charge is 2.22. The lowest BCUT2D eigenvalue weighted by Crippen LogP contribution is -2.35. The molecular weight excluding hydrogens is 288 g/mol. The van der Waals surface area contributed by atoms with Gasteiger partial charge in [-0.05, 0) is 37.7 Å². The van der Waals surface area contributed by atoms with E-state index in [4.69, 9.17) is 5.73 Å². The molecule has 1 aliphatic rings. The van der Waals surface area contributed by atoms with Gasteiger partial charge in [-0.15, -0.1) is 0 Å². The summed E-state index contributed by atoms with van der Waals surface area (Å²) in [5.41, 5.74) is 8.10. The normalized spacial score (nSPS) is 18.7. The van der Waals surface area contributed by atoms with E-state index in [-0.39, 0.29) is 12.5 Å². The second-order valence-corrected chi connectivity index (χ2v) is 6.29. The van der Waals surface area contributed by atoms with Gasteiger partial charge in [0.2, 0.25) is 5.91 Å². The van der Waals surface area contributed by atoms with Gasteiger partial charge in [0.25, 0.3) is 0 Å². The Morgan fingerprint density at radius 3 is 2.74 bits per heavy atom. The van der Waals surface area contributed by atoms with Crippen molar-refractivity contribution in [2.24, 2.45) is 0 Å². The number of likely N-dealkylation sites (tertiary alicyclic amines) is 1. The largest absolute Gasteiger partial charge is 0.384 e. The molecule has 2 heterocycles. The average molecular weight is 312 g/mol. The number of aryl methyl sites for hydroxylation is 1. The predicted octanol–water partition coefficient (Wildman–Crippen LogP) is 2.57. The van der Waals surface area contributed by atoms with Crippen molar-refractivity contribution in [2.45, 2.75) is 38.6 Å². The summed E-state index contributed by atoms with van der Waals surface area (Å²) in [7, 11) is 0. The predicted molar refractivity (Wildman–Crippen MR) is 91.0 cm³/mol. The molecule has 0 unspecified atom stereocenters. The van der Waals surface area contributed by atoms with Crippen molar-refractivity contribution in [3.8, 4) is 0 Å². The molecule has 0 saturated carbocycles. The Morgan fingerprint density at radius 2 is 2.04 bits per heavy atom. The molecule has 5 heteroatoms. The van der Waals surface area contributed by atoms with Gasteiger partial charge in [-0.1, -0.05) is 30.3 Å². The topological polar surface area (TPSA) is 64.2 Å². The van der Waals surface area contributed by atoms with Crippen molar-refractivity contribution in [2.75, 3.05) is 18.8 Å². The van der Waals surface area contributed by atoms with Crippen LogP contribution in [-0.4, -0.2) is 33.7 Å². The number of carbonyl (C=O) groups excluding carboxylic acids is 1. The number of carbonyl (C=O) groups is 1. The molecule has 1 aromatic carbocycles. The molecule has 1 atom stereocenters. The second-order valence-electron chi connectivity index (χ2n) is 6.29. The number of hydrogen-bond acceptors (Lipinski definition) is 3. The number of nitrogens with two attached hydrogens (primary N) is 1. The van der Waals surface area contributed by atoms with Crippen molar-refractivity contribution in [1.82, 2.24) is 14.7 Å². The van der Waals surface area contributed by atoms with Gasteiger partial charge in [-0.2, -0.15) is 5.10 Å². The molecule has 1 aromatic heterocycles. The lowest BCUT2D eigenvalue weighted by atomic mass is 9.92. The van der Waals surface area contributed by atoms with E-state index in [0.29, 0.717) is 11.7 Å². The van der Waals surface area contributed by atoms with Crippen molar-refractivity contribution in [1.29, 1.82) is 0 Å². The monoisotopic (exact) mass is 312 g/mol. The minimum absolute atomic E-state index is 0.105. The van der Waals surface area contributed by atoms with E-state index in [1.165, 1.54) is 5.56 Å². The molecule has 2 aromatic rings. The zero-order chi connectivity index (χ0) is 16.2. The molecule has 2 N–H and O–H groups in total. The van der Waals surface area contributed by atoms with Gasteiger partial charge in [-0.3, -0.25) is 4.79 Å². The van der Waals surface area contributed by atoms with Crippen LogP contribution in [0.25, 0.3) is 0 Å². The van der Waals surface area contributed by atoms with Crippen LogP contribution in [0, 0.1) is 6.92 Å². The van der Waals surface area contributed by atoms with Crippen molar-refractivity contribution >= 4 is 11.7 Å². The molecule has 0 bridgehead atoms. The highest BCUT2D eigenvalue weighted by molar-refractivity contribution is 5.76. The molecular formula is C18H24N4O. The summed E-state index contributed by atoms with van der Waals surface area (Å²) in [6.07, 6.45) is 3.19. The fourth-order valence-electron chi connectivity index (χ4n) is 3.32. The van der Waals surface area contributed by atoms with Crippen LogP contribution in [0.4, 0.5) is 5.82 Å². The van der Waals surface area contributed by atoms with Gasteiger partial charge < -0.3 is 10.6 Å². The van der Waals surface area contributed by atoms with Gasteiger partial charge in [0.15, 0.2) is 0 Å². The van der Waals surface area contributed by atoms with Crippen molar-refractivity contribution in [3.63, 3.8) is 0 Å². The zero-order valence-corrected chi connectivity index (χ0v) is 13.6. The molecule has 23 heavy (non-hydrogen) atoms. The quantitative estimate of drug-likeness (QED) is 0.947. The molecule has 122 valence electrons. The summed E-state index contributed by atoms with van der Waals surface area (Å²) < 4.78 is 1.59. The van der Waals surface area contributed by atoms with Crippen LogP contribution >= 0.6 is 0 Å².